The molecule has 0 spiro atoms. The summed E-state index contributed by atoms with van der Waals surface area (Å²) < 4.78 is 4.61. The fraction of sp³-hybridized carbons (Fsp3) is 0.667. The summed E-state index contributed by atoms with van der Waals surface area (Å²) in [5, 5.41) is 0. The summed E-state index contributed by atoms with van der Waals surface area (Å²) in [6.45, 7) is 6.30. The van der Waals surface area contributed by atoms with Crippen LogP contribution in [0.4, 0.5) is 0 Å². The molecule has 0 amide bonds. The van der Waals surface area contributed by atoms with Gasteiger partial charge in [0.05, 0.1) is 13.0 Å². The van der Waals surface area contributed by atoms with Gasteiger partial charge in [-0.3, -0.25) is 4.79 Å². The second-order valence-corrected chi connectivity index (χ2v) is 3.87. The van der Waals surface area contributed by atoms with Gasteiger partial charge >= 0.3 is 5.97 Å². The second kappa shape index (κ2) is 2.36. The lowest BCUT2D eigenvalue weighted by molar-refractivity contribution is -0.141. The number of esters is 1. The lowest BCUT2D eigenvalue weighted by Gasteiger charge is -2.15. The number of methoxy groups -OCH3 is 1. The third-order valence-electron chi connectivity index (χ3n) is 1.89. The maximum atomic E-state index is 11.0. The molecule has 2 nitrogen and oxygen atoms in total. The molecule has 1 rings (SSSR count). The van der Waals surface area contributed by atoms with E-state index < -0.39 is 0 Å². The van der Waals surface area contributed by atoms with Crippen molar-refractivity contribution in [2.75, 3.05) is 7.11 Å². The van der Waals surface area contributed by atoms with E-state index >= 15 is 0 Å². The summed E-state index contributed by atoms with van der Waals surface area (Å²) in [5.74, 6) is -0.157. The van der Waals surface area contributed by atoms with Crippen molar-refractivity contribution in [3.05, 3.63) is 11.6 Å². The van der Waals surface area contributed by atoms with Crippen molar-refractivity contribution in [1.29, 1.82) is 0 Å². The van der Waals surface area contributed by atoms with Gasteiger partial charge in [0, 0.05) is 0 Å². The quantitative estimate of drug-likeness (QED) is 0.425. The van der Waals surface area contributed by atoms with Crippen molar-refractivity contribution in [1.82, 2.24) is 0 Å². The van der Waals surface area contributed by atoms with Crippen molar-refractivity contribution < 1.29 is 9.53 Å². The highest BCUT2D eigenvalue weighted by Crippen LogP contribution is 2.43. The average molecular weight is 154 g/mol. The predicted molar refractivity (Wildman–Crippen MR) is 43.0 cm³/mol. The zero-order valence-electron chi connectivity index (χ0n) is 7.47. The van der Waals surface area contributed by atoms with Gasteiger partial charge in [0.2, 0.25) is 0 Å². The topological polar surface area (TPSA) is 26.3 Å². The third kappa shape index (κ3) is 1.62. The fourth-order valence-corrected chi connectivity index (χ4v) is 1.17. The van der Waals surface area contributed by atoms with E-state index in [-0.39, 0.29) is 17.3 Å². The minimum Gasteiger partial charge on any atom is -0.468 e. The lowest BCUT2D eigenvalue weighted by Crippen LogP contribution is -2.12. The smallest absolute Gasteiger partial charge is 0.316 e. The second-order valence-electron chi connectivity index (χ2n) is 3.87. The molecule has 0 N–H and O–H groups in total. The van der Waals surface area contributed by atoms with Gasteiger partial charge in [-0.25, -0.2) is 0 Å². The van der Waals surface area contributed by atoms with E-state index in [1.54, 1.807) is 0 Å². The van der Waals surface area contributed by atoms with E-state index in [0.29, 0.717) is 0 Å². The molecule has 0 radical (unpaired) electrons. The minimum absolute atomic E-state index is 0.0278. The predicted octanol–water partition coefficient (Wildman–Crippen LogP) is 1.76. The van der Waals surface area contributed by atoms with Gasteiger partial charge in [-0.2, -0.15) is 0 Å². The molecule has 0 aromatic carbocycles. The molecule has 11 heavy (non-hydrogen) atoms. The van der Waals surface area contributed by atoms with Gasteiger partial charge in [0.15, 0.2) is 0 Å². The summed E-state index contributed by atoms with van der Waals surface area (Å²) in [6, 6.07) is 0. The Hall–Kier alpha value is -0.790. The molecule has 0 heterocycles. The number of hydrogen-bond acceptors (Lipinski definition) is 2. The average Bonchev–Trinajstić information content (AvgIpc) is 2.62. The maximum Gasteiger partial charge on any atom is 0.316 e. The third-order valence-corrected chi connectivity index (χ3v) is 1.89. The van der Waals surface area contributed by atoms with E-state index in [0.717, 1.165) is 0 Å². The summed E-state index contributed by atoms with van der Waals surface area (Å²) >= 11 is 0. The van der Waals surface area contributed by atoms with Gasteiger partial charge in [0.1, 0.15) is 0 Å². The summed E-state index contributed by atoms with van der Waals surface area (Å²) in [7, 11) is 1.43. The van der Waals surface area contributed by atoms with Crippen molar-refractivity contribution in [2.24, 2.45) is 11.3 Å². The first-order chi connectivity index (χ1) is 4.96. The number of ether oxygens (including phenoxy) is 1. The highest BCUT2D eigenvalue weighted by Gasteiger charge is 2.39. The Bertz CT molecular complexity index is 208. The Balaban J connectivity index is 2.49. The van der Waals surface area contributed by atoms with E-state index in [1.807, 2.05) is 6.08 Å². The molecular formula is C9H14O2. The van der Waals surface area contributed by atoms with Gasteiger partial charge < -0.3 is 4.74 Å². The number of rotatable bonds is 1. The zero-order valence-corrected chi connectivity index (χ0v) is 7.47. The number of carbonyl (C=O) groups is 1. The lowest BCUT2D eigenvalue weighted by atomic mass is 9.91. The van der Waals surface area contributed by atoms with Crippen molar-refractivity contribution in [3.8, 4) is 0 Å². The van der Waals surface area contributed by atoms with E-state index in [2.05, 4.69) is 25.5 Å². The van der Waals surface area contributed by atoms with Crippen LogP contribution in [-0.4, -0.2) is 13.1 Å². The van der Waals surface area contributed by atoms with Crippen LogP contribution in [0.2, 0.25) is 0 Å². The Morgan fingerprint density at radius 1 is 1.55 bits per heavy atom. The van der Waals surface area contributed by atoms with Crippen LogP contribution in [0.5, 0.6) is 0 Å². The van der Waals surface area contributed by atoms with Crippen LogP contribution < -0.4 is 0 Å². The van der Waals surface area contributed by atoms with Crippen LogP contribution in [0.1, 0.15) is 20.8 Å². The molecule has 1 aliphatic rings. The summed E-state index contributed by atoms with van der Waals surface area (Å²) in [5.41, 5.74) is 1.32. The SMILES string of the molecule is COC(=O)C1C=C1C(C)(C)C. The fourth-order valence-electron chi connectivity index (χ4n) is 1.17. The summed E-state index contributed by atoms with van der Waals surface area (Å²) in [4.78, 5) is 11.0. The van der Waals surface area contributed by atoms with Crippen LogP contribution >= 0.6 is 0 Å². The first kappa shape index (κ1) is 8.31. The molecule has 0 saturated heterocycles. The highest BCUT2D eigenvalue weighted by molar-refractivity contribution is 5.83. The maximum absolute atomic E-state index is 11.0. The summed E-state index contributed by atoms with van der Waals surface area (Å²) in [6.07, 6.45) is 1.96. The highest BCUT2D eigenvalue weighted by atomic mass is 16.5. The molecule has 62 valence electrons. The Morgan fingerprint density at radius 3 is 2.36 bits per heavy atom. The largest absolute Gasteiger partial charge is 0.468 e. The Kier molecular flexibility index (Phi) is 1.78. The Morgan fingerprint density at radius 2 is 2.09 bits per heavy atom. The molecule has 1 unspecified atom stereocenters. The van der Waals surface area contributed by atoms with Gasteiger partial charge in [-0.1, -0.05) is 26.8 Å². The molecule has 0 saturated carbocycles. The van der Waals surface area contributed by atoms with Crippen molar-refractivity contribution >= 4 is 5.97 Å². The van der Waals surface area contributed by atoms with Crippen LogP contribution in [0.25, 0.3) is 0 Å². The van der Waals surface area contributed by atoms with Crippen molar-refractivity contribution in [3.63, 3.8) is 0 Å². The molecule has 1 aliphatic carbocycles. The van der Waals surface area contributed by atoms with Crippen LogP contribution in [0.15, 0.2) is 11.6 Å². The Labute approximate surface area is 67.2 Å². The molecule has 0 bridgehead atoms. The molecule has 1 atom stereocenters. The van der Waals surface area contributed by atoms with Gasteiger partial charge in [-0.15, -0.1) is 0 Å². The van der Waals surface area contributed by atoms with Crippen LogP contribution in [0.3, 0.4) is 0 Å². The molecule has 0 fully saturated rings. The first-order valence-corrected chi connectivity index (χ1v) is 3.77. The van der Waals surface area contributed by atoms with Crippen LogP contribution in [0, 0.1) is 11.3 Å². The monoisotopic (exact) mass is 154 g/mol. The van der Waals surface area contributed by atoms with E-state index in [1.165, 1.54) is 12.7 Å². The molecule has 0 aromatic heterocycles. The zero-order chi connectivity index (χ0) is 8.65. The molecule has 0 aliphatic heterocycles. The number of hydrogen-bond donors (Lipinski definition) is 0. The molecule has 2 heteroatoms. The number of carbonyl (C=O) groups excluding carboxylic acids is 1. The van der Waals surface area contributed by atoms with Crippen LogP contribution in [-0.2, 0) is 9.53 Å². The molecular weight excluding hydrogens is 140 g/mol. The first-order valence-electron chi connectivity index (χ1n) is 3.77. The molecule has 0 aromatic rings. The van der Waals surface area contributed by atoms with Gasteiger partial charge in [0.25, 0.3) is 0 Å². The normalized spacial score (nSPS) is 22.5. The van der Waals surface area contributed by atoms with Crippen molar-refractivity contribution in [2.45, 2.75) is 20.8 Å². The van der Waals surface area contributed by atoms with E-state index in [9.17, 15) is 4.79 Å². The minimum atomic E-state index is -0.130. The van der Waals surface area contributed by atoms with E-state index in [4.69, 9.17) is 0 Å². The van der Waals surface area contributed by atoms with Gasteiger partial charge in [-0.05, 0) is 11.0 Å². The standard InChI is InChI=1S/C9H14O2/c1-9(2,3)7-5-6(7)8(10)11-4/h5-6H,1-4H3.